The fraction of sp³-hybridized carbons (Fsp3) is 0.111. The number of hydrogen-bond acceptors (Lipinski definition) is 4. The fourth-order valence-corrected chi connectivity index (χ4v) is 1.04. The maximum atomic E-state index is 5.13. The molecular formula is C9H10N2O2. The second kappa shape index (κ2) is 3.71. The van der Waals surface area contributed by atoms with Gasteiger partial charge in [0.1, 0.15) is 11.5 Å². The van der Waals surface area contributed by atoms with E-state index in [0.29, 0.717) is 6.42 Å². The lowest BCUT2D eigenvalue weighted by Gasteiger charge is -2.15. The van der Waals surface area contributed by atoms with Gasteiger partial charge < -0.3 is 9.68 Å². The Kier molecular flexibility index (Phi) is 2.22. The molecule has 0 atom stereocenters. The van der Waals surface area contributed by atoms with Crippen LogP contribution in [0.1, 0.15) is 6.42 Å². The molecule has 0 saturated heterocycles. The van der Waals surface area contributed by atoms with E-state index in [1.807, 2.05) is 24.3 Å². The molecule has 4 nitrogen and oxygen atoms in total. The summed E-state index contributed by atoms with van der Waals surface area (Å²) < 4.78 is 0. The van der Waals surface area contributed by atoms with E-state index in [1.165, 1.54) is 0 Å². The molecule has 2 N–H and O–H groups in total. The van der Waals surface area contributed by atoms with Crippen LogP contribution in [0.15, 0.2) is 48.2 Å². The van der Waals surface area contributed by atoms with E-state index < -0.39 is 0 Å². The van der Waals surface area contributed by atoms with E-state index >= 15 is 0 Å². The third-order valence-corrected chi connectivity index (χ3v) is 1.62. The monoisotopic (exact) mass is 178 g/mol. The molecule has 0 aromatic rings. The van der Waals surface area contributed by atoms with Crippen LogP contribution >= 0.6 is 0 Å². The van der Waals surface area contributed by atoms with E-state index in [1.54, 1.807) is 12.4 Å². The van der Waals surface area contributed by atoms with E-state index in [0.717, 1.165) is 11.5 Å². The van der Waals surface area contributed by atoms with Gasteiger partial charge in [0.15, 0.2) is 0 Å². The van der Waals surface area contributed by atoms with Gasteiger partial charge in [0, 0.05) is 12.4 Å². The molecule has 0 radical (unpaired) electrons. The lowest BCUT2D eigenvalue weighted by molar-refractivity contribution is 0.0999. The van der Waals surface area contributed by atoms with Gasteiger partial charge in [-0.15, -0.1) is 0 Å². The molecule has 0 aliphatic carbocycles. The minimum atomic E-state index is 0.634. The van der Waals surface area contributed by atoms with Gasteiger partial charge >= 0.3 is 0 Å². The molecule has 2 heterocycles. The molecule has 0 fully saturated rings. The van der Waals surface area contributed by atoms with Crippen molar-refractivity contribution in [2.45, 2.75) is 6.42 Å². The average molecular weight is 178 g/mol. The third-order valence-electron chi connectivity index (χ3n) is 1.62. The molecular weight excluding hydrogens is 168 g/mol. The zero-order valence-corrected chi connectivity index (χ0v) is 6.99. The van der Waals surface area contributed by atoms with E-state index in [9.17, 15) is 0 Å². The number of rotatable bonds is 2. The van der Waals surface area contributed by atoms with Crippen molar-refractivity contribution in [1.29, 1.82) is 0 Å². The van der Waals surface area contributed by atoms with Gasteiger partial charge in [-0.2, -0.15) is 0 Å². The van der Waals surface area contributed by atoms with E-state index in [4.69, 9.17) is 9.68 Å². The molecule has 0 bridgehead atoms. The van der Waals surface area contributed by atoms with Crippen LogP contribution in [0.3, 0.4) is 0 Å². The molecule has 2 aliphatic rings. The van der Waals surface area contributed by atoms with Crippen LogP contribution in [0.2, 0.25) is 0 Å². The highest BCUT2D eigenvalue weighted by Crippen LogP contribution is 2.15. The summed E-state index contributed by atoms with van der Waals surface area (Å²) in [6.07, 6.45) is 11.6. The van der Waals surface area contributed by atoms with Crippen molar-refractivity contribution in [2.75, 3.05) is 0 Å². The topological polar surface area (TPSA) is 42.5 Å². The Morgan fingerprint density at radius 1 is 0.923 bits per heavy atom. The normalized spacial score (nSPS) is 18.8. The van der Waals surface area contributed by atoms with Crippen LogP contribution < -0.4 is 11.0 Å². The Labute approximate surface area is 76.1 Å². The maximum absolute atomic E-state index is 5.13. The van der Waals surface area contributed by atoms with Gasteiger partial charge in [0.2, 0.25) is 0 Å². The molecule has 0 spiro atoms. The maximum Gasteiger partial charge on any atom is 0.139 e. The van der Waals surface area contributed by atoms with Crippen LogP contribution in [0, 0.1) is 0 Å². The predicted octanol–water partition coefficient (Wildman–Crippen LogP) is 1.24. The molecule has 0 unspecified atom stereocenters. The van der Waals surface area contributed by atoms with Gasteiger partial charge in [-0.1, -0.05) is 0 Å². The SMILES string of the molecule is C1=CNOC(CC2=CC=CNO2)=C1. The van der Waals surface area contributed by atoms with Crippen molar-refractivity contribution in [3.05, 3.63) is 48.2 Å². The highest BCUT2D eigenvalue weighted by Gasteiger charge is 2.07. The Morgan fingerprint density at radius 3 is 1.85 bits per heavy atom. The minimum absolute atomic E-state index is 0.634. The lowest BCUT2D eigenvalue weighted by atomic mass is 10.2. The smallest absolute Gasteiger partial charge is 0.139 e. The van der Waals surface area contributed by atoms with E-state index in [2.05, 4.69) is 11.0 Å². The van der Waals surface area contributed by atoms with Gasteiger partial charge in [-0.3, -0.25) is 0 Å². The first kappa shape index (κ1) is 7.79. The Balaban J connectivity index is 1.96. The largest absolute Gasteiger partial charge is 0.387 e. The number of hydroxylamine groups is 2. The van der Waals surface area contributed by atoms with Crippen molar-refractivity contribution in [2.24, 2.45) is 0 Å². The first-order valence-corrected chi connectivity index (χ1v) is 4.01. The van der Waals surface area contributed by atoms with Crippen molar-refractivity contribution < 1.29 is 9.68 Å². The van der Waals surface area contributed by atoms with Crippen LogP contribution in [-0.4, -0.2) is 0 Å². The predicted molar refractivity (Wildman–Crippen MR) is 47.5 cm³/mol. The molecule has 0 aromatic heterocycles. The van der Waals surface area contributed by atoms with Gasteiger partial charge in [0.05, 0.1) is 6.42 Å². The molecule has 4 heteroatoms. The fourth-order valence-electron chi connectivity index (χ4n) is 1.04. The lowest BCUT2D eigenvalue weighted by Crippen LogP contribution is -2.14. The quantitative estimate of drug-likeness (QED) is 0.667. The molecule has 2 aliphatic heterocycles. The molecule has 13 heavy (non-hydrogen) atoms. The summed E-state index contributed by atoms with van der Waals surface area (Å²) in [5, 5.41) is 0. The minimum Gasteiger partial charge on any atom is -0.387 e. The zero-order chi connectivity index (χ0) is 8.93. The summed E-state index contributed by atoms with van der Waals surface area (Å²) in [7, 11) is 0. The summed E-state index contributed by atoms with van der Waals surface area (Å²) in [4.78, 5) is 10.3. The molecule has 0 aromatic carbocycles. The molecule has 0 saturated carbocycles. The highest BCUT2D eigenvalue weighted by atomic mass is 16.7. The van der Waals surface area contributed by atoms with Crippen molar-refractivity contribution >= 4 is 0 Å². The first-order valence-electron chi connectivity index (χ1n) is 4.01. The standard InChI is InChI=1S/C9H10N2O2/c1-3-8(12-10-5-1)7-9-4-2-6-11-13-9/h1-6,10-11H,7H2. The zero-order valence-electron chi connectivity index (χ0n) is 6.99. The molecule has 0 amide bonds. The Bertz CT molecular complexity index is 273. The number of nitrogens with one attached hydrogen (secondary N) is 2. The average Bonchev–Trinajstić information content (AvgIpc) is 2.21. The van der Waals surface area contributed by atoms with Crippen molar-refractivity contribution in [3.8, 4) is 0 Å². The molecule has 2 rings (SSSR count). The number of hydrogen-bond donors (Lipinski definition) is 2. The van der Waals surface area contributed by atoms with Gasteiger partial charge in [-0.05, 0) is 24.3 Å². The molecule has 68 valence electrons. The summed E-state index contributed by atoms with van der Waals surface area (Å²) in [5.41, 5.74) is 5.31. The Morgan fingerprint density at radius 2 is 1.46 bits per heavy atom. The van der Waals surface area contributed by atoms with Crippen molar-refractivity contribution in [3.63, 3.8) is 0 Å². The van der Waals surface area contributed by atoms with Crippen LogP contribution in [0.5, 0.6) is 0 Å². The summed E-state index contributed by atoms with van der Waals surface area (Å²) in [5.74, 6) is 1.65. The Hall–Kier alpha value is -1.84. The second-order valence-corrected chi connectivity index (χ2v) is 2.60. The second-order valence-electron chi connectivity index (χ2n) is 2.60. The van der Waals surface area contributed by atoms with Gasteiger partial charge in [0.25, 0.3) is 0 Å². The van der Waals surface area contributed by atoms with E-state index in [-0.39, 0.29) is 0 Å². The van der Waals surface area contributed by atoms with Crippen molar-refractivity contribution in [1.82, 2.24) is 11.0 Å². The van der Waals surface area contributed by atoms with Crippen LogP contribution in [0.25, 0.3) is 0 Å². The summed E-state index contributed by atoms with van der Waals surface area (Å²) in [6, 6.07) is 0. The first-order chi connectivity index (χ1) is 6.45. The van der Waals surface area contributed by atoms with Gasteiger partial charge in [-0.25, -0.2) is 11.0 Å². The summed E-state index contributed by atoms with van der Waals surface area (Å²) >= 11 is 0. The number of allylic oxidation sites excluding steroid dienone is 4. The summed E-state index contributed by atoms with van der Waals surface area (Å²) in [6.45, 7) is 0. The highest BCUT2D eigenvalue weighted by molar-refractivity contribution is 5.18. The van der Waals surface area contributed by atoms with Crippen LogP contribution in [-0.2, 0) is 9.68 Å². The van der Waals surface area contributed by atoms with Crippen LogP contribution in [0.4, 0.5) is 0 Å². The third kappa shape index (κ3) is 2.05.